The number of rotatable bonds is 0. The molecule has 1 heterocycles. The van der Waals surface area contributed by atoms with Gasteiger partial charge in [0.2, 0.25) is 0 Å². The lowest BCUT2D eigenvalue weighted by molar-refractivity contribution is 0.291. The van der Waals surface area contributed by atoms with E-state index < -0.39 is 0 Å². The van der Waals surface area contributed by atoms with E-state index in [1.807, 2.05) is 0 Å². The summed E-state index contributed by atoms with van der Waals surface area (Å²) in [6.45, 7) is 0. The van der Waals surface area contributed by atoms with Crippen molar-refractivity contribution in [1.29, 1.82) is 0 Å². The number of phenols is 1. The van der Waals surface area contributed by atoms with Crippen molar-refractivity contribution in [3.05, 3.63) is 18.2 Å². The molecular weight excluding hydrogens is 150 g/mol. The predicted molar refractivity (Wildman–Crippen MR) is 37.7 cm³/mol. The molecule has 0 radical (unpaired) electrons. The zero-order valence-corrected chi connectivity index (χ0v) is 5.81. The number of benzene rings is 1. The summed E-state index contributed by atoms with van der Waals surface area (Å²) in [5.41, 5.74) is 0. The van der Waals surface area contributed by atoms with Gasteiger partial charge >= 0.3 is 0 Å². The van der Waals surface area contributed by atoms with Crippen LogP contribution in [-0.4, -0.2) is 5.11 Å². The minimum Gasteiger partial charge on any atom is -0.507 e. The van der Waals surface area contributed by atoms with Crippen LogP contribution in [0.5, 0.6) is 11.5 Å². The molecule has 0 unspecified atom stereocenters. The molecular formula is C6H5NO2S. The lowest BCUT2D eigenvalue weighted by Gasteiger charge is -1.94. The fourth-order valence-corrected chi connectivity index (χ4v) is 1.39. The molecule has 1 aromatic carbocycles. The average Bonchev–Trinajstić information content (AvgIpc) is 2.36. The maximum absolute atomic E-state index is 9.19. The molecule has 2 rings (SSSR count). The molecule has 0 saturated heterocycles. The van der Waals surface area contributed by atoms with Crippen LogP contribution in [0.25, 0.3) is 0 Å². The highest BCUT2D eigenvalue weighted by atomic mass is 32.2. The zero-order chi connectivity index (χ0) is 6.97. The van der Waals surface area contributed by atoms with Gasteiger partial charge in [-0.05, 0) is 12.1 Å². The van der Waals surface area contributed by atoms with Crippen LogP contribution in [0.2, 0.25) is 0 Å². The van der Waals surface area contributed by atoms with Crippen molar-refractivity contribution in [2.45, 2.75) is 4.90 Å². The van der Waals surface area contributed by atoms with Gasteiger partial charge in [-0.25, -0.2) is 0 Å². The maximum atomic E-state index is 9.19. The average molecular weight is 155 g/mol. The second kappa shape index (κ2) is 2.07. The van der Waals surface area contributed by atoms with Gasteiger partial charge in [0.05, 0.1) is 0 Å². The van der Waals surface area contributed by atoms with E-state index >= 15 is 0 Å². The molecule has 0 aromatic heterocycles. The molecule has 3 nitrogen and oxygen atoms in total. The quantitative estimate of drug-likeness (QED) is 0.554. The monoisotopic (exact) mass is 155 g/mol. The largest absolute Gasteiger partial charge is 0.507 e. The smallest absolute Gasteiger partial charge is 0.167 e. The van der Waals surface area contributed by atoms with Gasteiger partial charge in [0.1, 0.15) is 10.6 Å². The maximum Gasteiger partial charge on any atom is 0.167 e. The van der Waals surface area contributed by atoms with E-state index in [1.165, 1.54) is 11.9 Å². The van der Waals surface area contributed by atoms with Crippen LogP contribution in [-0.2, 0) is 0 Å². The number of hydrogen-bond donors (Lipinski definition) is 2. The van der Waals surface area contributed by atoms with Gasteiger partial charge in [0.25, 0.3) is 0 Å². The Morgan fingerprint density at radius 1 is 1.50 bits per heavy atom. The van der Waals surface area contributed by atoms with Crippen molar-refractivity contribution >= 4 is 11.9 Å². The Bertz CT molecular complexity index is 264. The summed E-state index contributed by atoms with van der Waals surface area (Å²) < 4.78 is 0. The summed E-state index contributed by atoms with van der Waals surface area (Å²) in [6, 6.07) is 5.16. The van der Waals surface area contributed by atoms with Gasteiger partial charge in [-0.3, -0.25) is 0 Å². The Kier molecular flexibility index (Phi) is 1.22. The molecule has 2 N–H and O–H groups in total. The van der Waals surface area contributed by atoms with E-state index in [1.54, 1.807) is 18.2 Å². The Morgan fingerprint density at radius 2 is 2.40 bits per heavy atom. The SMILES string of the molecule is Oc1cccc2c1SNO2. The van der Waals surface area contributed by atoms with Gasteiger partial charge in [0, 0.05) is 11.9 Å². The fraction of sp³-hybridized carbons (Fsp3) is 0. The molecule has 1 aliphatic rings. The fourth-order valence-electron chi connectivity index (χ4n) is 0.795. The van der Waals surface area contributed by atoms with Crippen molar-refractivity contribution in [2.75, 3.05) is 0 Å². The van der Waals surface area contributed by atoms with Crippen molar-refractivity contribution in [3.63, 3.8) is 0 Å². The minimum atomic E-state index is 0.257. The first-order chi connectivity index (χ1) is 4.88. The third-order valence-electron chi connectivity index (χ3n) is 1.25. The van der Waals surface area contributed by atoms with Crippen molar-refractivity contribution in [3.8, 4) is 11.5 Å². The standard InChI is InChI=1S/C6H5NO2S/c8-4-2-1-3-5-6(4)10-7-9-5/h1-3,7-8H. The van der Waals surface area contributed by atoms with Crippen LogP contribution in [0, 0.1) is 0 Å². The first kappa shape index (κ1) is 5.88. The highest BCUT2D eigenvalue weighted by Gasteiger charge is 2.15. The van der Waals surface area contributed by atoms with Gasteiger partial charge in [-0.2, -0.15) is 0 Å². The van der Waals surface area contributed by atoms with Crippen molar-refractivity contribution < 1.29 is 9.94 Å². The number of hydrogen-bond acceptors (Lipinski definition) is 4. The van der Waals surface area contributed by atoms with E-state index in [2.05, 4.69) is 4.89 Å². The molecule has 0 bridgehead atoms. The molecule has 0 fully saturated rings. The summed E-state index contributed by atoms with van der Waals surface area (Å²) >= 11 is 1.27. The van der Waals surface area contributed by atoms with E-state index in [0.717, 1.165) is 4.90 Å². The van der Waals surface area contributed by atoms with Crippen molar-refractivity contribution in [2.24, 2.45) is 0 Å². The lowest BCUT2D eigenvalue weighted by atomic mass is 10.3. The van der Waals surface area contributed by atoms with E-state index in [0.29, 0.717) is 5.75 Å². The van der Waals surface area contributed by atoms with E-state index in [9.17, 15) is 5.11 Å². The van der Waals surface area contributed by atoms with Crippen LogP contribution >= 0.6 is 11.9 Å². The first-order valence-corrected chi connectivity index (χ1v) is 3.60. The summed E-state index contributed by atoms with van der Waals surface area (Å²) in [7, 11) is 0. The molecule has 0 atom stereocenters. The van der Waals surface area contributed by atoms with Crippen LogP contribution in [0.3, 0.4) is 0 Å². The Morgan fingerprint density at radius 3 is 3.20 bits per heavy atom. The van der Waals surface area contributed by atoms with Gasteiger partial charge < -0.3 is 9.94 Å². The van der Waals surface area contributed by atoms with Gasteiger partial charge in [-0.15, -0.1) is 0 Å². The lowest BCUT2D eigenvalue weighted by Crippen LogP contribution is -1.99. The third-order valence-corrected chi connectivity index (χ3v) is 2.03. The second-order valence-corrected chi connectivity index (χ2v) is 2.67. The molecule has 0 saturated carbocycles. The summed E-state index contributed by atoms with van der Waals surface area (Å²) in [5, 5.41) is 9.19. The van der Waals surface area contributed by atoms with Crippen LogP contribution < -0.4 is 9.72 Å². The molecule has 0 aliphatic carbocycles. The first-order valence-electron chi connectivity index (χ1n) is 2.78. The number of nitrogens with one attached hydrogen (secondary N) is 1. The summed E-state index contributed by atoms with van der Waals surface area (Å²) in [6.07, 6.45) is 0. The molecule has 10 heavy (non-hydrogen) atoms. The Labute approximate surface area is 62.1 Å². The van der Waals surface area contributed by atoms with Crippen molar-refractivity contribution in [1.82, 2.24) is 4.89 Å². The normalized spacial score (nSPS) is 14.4. The minimum absolute atomic E-state index is 0.257. The molecule has 4 heteroatoms. The number of aromatic hydroxyl groups is 1. The number of phenolic OH excluding ortho intramolecular Hbond substituents is 1. The third kappa shape index (κ3) is 0.732. The topological polar surface area (TPSA) is 41.5 Å². The molecule has 0 amide bonds. The van der Waals surface area contributed by atoms with Gasteiger partial charge in [0.15, 0.2) is 5.75 Å². The highest BCUT2D eigenvalue weighted by molar-refractivity contribution is 7.97. The van der Waals surface area contributed by atoms with E-state index in [-0.39, 0.29) is 5.75 Å². The molecule has 52 valence electrons. The molecule has 1 aliphatic heterocycles. The highest BCUT2D eigenvalue weighted by Crippen LogP contribution is 2.39. The van der Waals surface area contributed by atoms with Crippen LogP contribution in [0.15, 0.2) is 23.1 Å². The second-order valence-electron chi connectivity index (χ2n) is 1.89. The molecule has 1 aromatic rings. The number of fused-ring (bicyclic) bond motifs is 1. The van der Waals surface area contributed by atoms with Gasteiger partial charge in [-0.1, -0.05) is 11.0 Å². The predicted octanol–water partition coefficient (Wildman–Crippen LogP) is 1.30. The zero-order valence-electron chi connectivity index (χ0n) is 5.00. The van der Waals surface area contributed by atoms with E-state index in [4.69, 9.17) is 4.84 Å². The summed E-state index contributed by atoms with van der Waals surface area (Å²) in [4.78, 5) is 8.27. The Hall–Kier alpha value is -0.870. The van der Waals surface area contributed by atoms with Crippen LogP contribution in [0.1, 0.15) is 0 Å². The van der Waals surface area contributed by atoms with Crippen LogP contribution in [0.4, 0.5) is 0 Å². The molecule has 0 spiro atoms. The Balaban J connectivity index is 2.59. The summed E-state index contributed by atoms with van der Waals surface area (Å²) in [5.74, 6) is 0.942.